The molecular weight excluding hydrogens is 409 g/mol. The molecule has 0 spiro atoms. The monoisotopic (exact) mass is 430 g/mol. The maximum absolute atomic E-state index is 13.3. The van der Waals surface area contributed by atoms with E-state index < -0.39 is 50.3 Å². The molecule has 1 saturated heterocycles. The summed E-state index contributed by atoms with van der Waals surface area (Å²) in [5.41, 5.74) is 3.78. The SMILES string of the molecule is COC(=O)c1ccc(S(=O)(=O)N2CCCCC2C(C)N)cc1C(F)(F)F.Cl. The predicted molar refractivity (Wildman–Crippen MR) is 95.2 cm³/mol. The maximum Gasteiger partial charge on any atom is 0.417 e. The van der Waals surface area contributed by atoms with Gasteiger partial charge < -0.3 is 10.5 Å². The van der Waals surface area contributed by atoms with Gasteiger partial charge in [0.1, 0.15) is 0 Å². The smallest absolute Gasteiger partial charge is 0.417 e. The molecule has 1 aromatic carbocycles. The van der Waals surface area contributed by atoms with Crippen LogP contribution in [0, 0.1) is 0 Å². The van der Waals surface area contributed by atoms with E-state index in [9.17, 15) is 26.4 Å². The number of rotatable bonds is 4. The van der Waals surface area contributed by atoms with Crippen molar-refractivity contribution in [3.63, 3.8) is 0 Å². The van der Waals surface area contributed by atoms with Gasteiger partial charge in [-0.05, 0) is 38.0 Å². The minimum atomic E-state index is -4.91. The van der Waals surface area contributed by atoms with E-state index in [4.69, 9.17) is 5.73 Å². The quantitative estimate of drug-likeness (QED) is 0.742. The first-order chi connectivity index (χ1) is 12.0. The standard InChI is InChI=1S/C16H21F3N2O4S.ClH/c1-10(20)14-5-3-4-8-21(14)26(23,24)11-6-7-12(15(22)25-2)13(9-11)16(17,18)19;/h6-7,9-10,14H,3-5,8,20H2,1-2H3;1H. The molecule has 2 unspecified atom stereocenters. The Labute approximate surface area is 162 Å². The van der Waals surface area contributed by atoms with E-state index in [2.05, 4.69) is 4.74 Å². The lowest BCUT2D eigenvalue weighted by Gasteiger charge is -2.37. The van der Waals surface area contributed by atoms with E-state index >= 15 is 0 Å². The number of sulfonamides is 1. The lowest BCUT2D eigenvalue weighted by Crippen LogP contribution is -2.51. The number of alkyl halides is 3. The summed E-state index contributed by atoms with van der Waals surface area (Å²) in [5.74, 6) is -1.19. The molecule has 0 bridgehead atoms. The molecule has 0 aromatic heterocycles. The highest BCUT2D eigenvalue weighted by Crippen LogP contribution is 2.35. The van der Waals surface area contributed by atoms with Crippen molar-refractivity contribution in [1.82, 2.24) is 4.31 Å². The summed E-state index contributed by atoms with van der Waals surface area (Å²) in [6.45, 7) is 1.86. The third-order valence-corrected chi connectivity index (χ3v) is 6.33. The second-order valence-corrected chi connectivity index (χ2v) is 8.13. The van der Waals surface area contributed by atoms with Gasteiger partial charge in [-0.3, -0.25) is 0 Å². The summed E-state index contributed by atoms with van der Waals surface area (Å²) < 4.78 is 71.3. The van der Waals surface area contributed by atoms with Gasteiger partial charge in [0.05, 0.1) is 23.1 Å². The molecule has 1 heterocycles. The minimum Gasteiger partial charge on any atom is -0.465 e. The number of nitrogens with zero attached hydrogens (tertiary/aromatic N) is 1. The number of carbonyl (C=O) groups excluding carboxylic acids is 1. The van der Waals surface area contributed by atoms with Gasteiger partial charge in [-0.25, -0.2) is 13.2 Å². The molecule has 6 nitrogen and oxygen atoms in total. The van der Waals surface area contributed by atoms with Crippen molar-refractivity contribution in [2.75, 3.05) is 13.7 Å². The van der Waals surface area contributed by atoms with E-state index in [1.54, 1.807) is 6.92 Å². The number of esters is 1. The van der Waals surface area contributed by atoms with Gasteiger partial charge in [-0.15, -0.1) is 12.4 Å². The highest BCUT2D eigenvalue weighted by atomic mass is 35.5. The van der Waals surface area contributed by atoms with E-state index in [1.807, 2.05) is 0 Å². The van der Waals surface area contributed by atoms with Crippen LogP contribution >= 0.6 is 12.4 Å². The summed E-state index contributed by atoms with van der Waals surface area (Å²) >= 11 is 0. The Hall–Kier alpha value is -1.36. The first-order valence-corrected chi connectivity index (χ1v) is 9.51. The third kappa shape index (κ3) is 4.92. The topological polar surface area (TPSA) is 89.7 Å². The van der Waals surface area contributed by atoms with E-state index in [0.29, 0.717) is 18.9 Å². The zero-order valence-corrected chi connectivity index (χ0v) is 16.5. The molecule has 11 heteroatoms. The van der Waals surface area contributed by atoms with Gasteiger partial charge in [-0.2, -0.15) is 17.5 Å². The fraction of sp³-hybridized carbons (Fsp3) is 0.562. The van der Waals surface area contributed by atoms with Crippen LogP contribution < -0.4 is 5.73 Å². The molecule has 2 rings (SSSR count). The molecule has 1 fully saturated rings. The van der Waals surface area contributed by atoms with Crippen molar-refractivity contribution >= 4 is 28.4 Å². The van der Waals surface area contributed by atoms with Crippen molar-refractivity contribution in [2.45, 2.75) is 49.3 Å². The van der Waals surface area contributed by atoms with Crippen molar-refractivity contribution in [3.8, 4) is 0 Å². The lowest BCUT2D eigenvalue weighted by atomic mass is 10.00. The maximum atomic E-state index is 13.3. The van der Waals surface area contributed by atoms with Crippen LogP contribution in [0.3, 0.4) is 0 Å². The fourth-order valence-electron chi connectivity index (χ4n) is 3.10. The number of halogens is 4. The molecule has 2 N–H and O–H groups in total. The molecule has 0 amide bonds. The number of nitrogens with two attached hydrogens (primary N) is 1. The predicted octanol–water partition coefficient (Wildman–Crippen LogP) is 2.80. The Balaban J connectivity index is 0.00000364. The average molecular weight is 431 g/mol. The summed E-state index contributed by atoms with van der Waals surface area (Å²) in [7, 11) is -3.23. The van der Waals surface area contributed by atoms with Crippen molar-refractivity contribution < 1.29 is 31.1 Å². The van der Waals surface area contributed by atoms with Gasteiger partial charge >= 0.3 is 12.1 Å². The Bertz CT molecular complexity index is 784. The molecule has 1 aliphatic heterocycles. The number of carbonyl (C=O) groups is 1. The highest BCUT2D eigenvalue weighted by molar-refractivity contribution is 7.89. The Morgan fingerprint density at radius 2 is 1.96 bits per heavy atom. The second-order valence-electron chi connectivity index (χ2n) is 6.23. The average Bonchev–Trinajstić information content (AvgIpc) is 2.59. The normalized spacial score (nSPS) is 19.9. The largest absolute Gasteiger partial charge is 0.465 e. The first-order valence-electron chi connectivity index (χ1n) is 8.07. The molecule has 1 aromatic rings. The van der Waals surface area contributed by atoms with Crippen LogP contribution in [0.25, 0.3) is 0 Å². The Morgan fingerprint density at radius 1 is 1.33 bits per heavy atom. The molecule has 154 valence electrons. The molecule has 0 saturated carbocycles. The van der Waals surface area contributed by atoms with Gasteiger partial charge in [0.2, 0.25) is 10.0 Å². The number of hydrogen-bond acceptors (Lipinski definition) is 5. The van der Waals surface area contributed by atoms with Crippen molar-refractivity contribution in [3.05, 3.63) is 29.3 Å². The number of methoxy groups -OCH3 is 1. The highest BCUT2D eigenvalue weighted by Gasteiger charge is 2.40. The van der Waals surface area contributed by atoms with Crippen LogP contribution in [0.1, 0.15) is 42.1 Å². The van der Waals surface area contributed by atoms with Crippen LogP contribution in [-0.4, -0.2) is 44.4 Å². The van der Waals surface area contributed by atoms with E-state index in [0.717, 1.165) is 30.0 Å². The number of benzene rings is 1. The third-order valence-electron chi connectivity index (χ3n) is 4.41. The van der Waals surface area contributed by atoms with Gasteiger partial charge in [0.25, 0.3) is 0 Å². The van der Waals surface area contributed by atoms with Crippen LogP contribution in [0.2, 0.25) is 0 Å². The van der Waals surface area contributed by atoms with Crippen LogP contribution in [-0.2, 0) is 20.9 Å². The second kappa shape index (κ2) is 8.76. The molecule has 2 atom stereocenters. The molecule has 0 aliphatic carbocycles. The Kier molecular flexibility index (Phi) is 7.69. The number of piperidine rings is 1. The molecule has 0 radical (unpaired) electrons. The van der Waals surface area contributed by atoms with E-state index in [1.165, 1.54) is 0 Å². The first kappa shape index (κ1) is 23.7. The van der Waals surface area contributed by atoms with Gasteiger partial charge in [0.15, 0.2) is 0 Å². The van der Waals surface area contributed by atoms with Gasteiger partial charge in [0, 0.05) is 18.6 Å². The molecular formula is C16H22ClF3N2O4S. The number of ether oxygens (including phenoxy) is 1. The fourth-order valence-corrected chi connectivity index (χ4v) is 4.90. The minimum absolute atomic E-state index is 0. The summed E-state index contributed by atoms with van der Waals surface area (Å²) in [4.78, 5) is 11.1. The Morgan fingerprint density at radius 3 is 2.48 bits per heavy atom. The summed E-state index contributed by atoms with van der Waals surface area (Å²) in [5, 5.41) is 0. The van der Waals surface area contributed by atoms with Crippen LogP contribution in [0.15, 0.2) is 23.1 Å². The zero-order chi connectivity index (χ0) is 19.7. The summed E-state index contributed by atoms with van der Waals surface area (Å²) in [6, 6.07) is 1.36. The van der Waals surface area contributed by atoms with Gasteiger partial charge in [-0.1, -0.05) is 6.42 Å². The molecule has 27 heavy (non-hydrogen) atoms. The lowest BCUT2D eigenvalue weighted by molar-refractivity contribution is -0.138. The zero-order valence-electron chi connectivity index (χ0n) is 14.8. The number of hydrogen-bond donors (Lipinski definition) is 1. The van der Waals surface area contributed by atoms with Crippen LogP contribution in [0.4, 0.5) is 13.2 Å². The van der Waals surface area contributed by atoms with Crippen LogP contribution in [0.5, 0.6) is 0 Å². The van der Waals surface area contributed by atoms with E-state index in [-0.39, 0.29) is 19.0 Å². The molecule has 1 aliphatic rings. The van der Waals surface area contributed by atoms with Crippen molar-refractivity contribution in [1.29, 1.82) is 0 Å². The summed E-state index contributed by atoms with van der Waals surface area (Å²) in [6.07, 6.45) is -2.96. The van der Waals surface area contributed by atoms with Crippen molar-refractivity contribution in [2.24, 2.45) is 5.73 Å².